The maximum Gasteiger partial charge on any atom is 0.234 e. The molecule has 6 nitrogen and oxygen atoms in total. The van der Waals surface area contributed by atoms with Crippen molar-refractivity contribution in [3.63, 3.8) is 0 Å². The Morgan fingerprint density at radius 2 is 1.97 bits per heavy atom. The van der Waals surface area contributed by atoms with E-state index in [1.54, 1.807) is 6.07 Å². The number of amides is 1. The largest absolute Gasteiger partial charge is 0.325 e. The van der Waals surface area contributed by atoms with Crippen molar-refractivity contribution in [2.75, 3.05) is 11.1 Å². The average Bonchev–Trinajstić information content (AvgIpc) is 3.16. The van der Waals surface area contributed by atoms with Gasteiger partial charge in [0, 0.05) is 16.6 Å². The third kappa shape index (κ3) is 3.80. The Balaban J connectivity index is 1.64. The number of aromatic nitrogens is 4. The zero-order valence-corrected chi connectivity index (χ0v) is 17.9. The molecule has 4 aromatic rings. The van der Waals surface area contributed by atoms with Crippen LogP contribution in [0.25, 0.3) is 16.7 Å². The highest BCUT2D eigenvalue weighted by molar-refractivity contribution is 8.00. The molecule has 0 aliphatic rings. The predicted molar refractivity (Wildman–Crippen MR) is 118 cm³/mol. The normalized spacial score (nSPS) is 11.5. The molecule has 0 aliphatic heterocycles. The van der Waals surface area contributed by atoms with Crippen molar-refractivity contribution < 1.29 is 4.79 Å². The van der Waals surface area contributed by atoms with E-state index >= 15 is 0 Å². The van der Waals surface area contributed by atoms with Crippen LogP contribution in [0.2, 0.25) is 5.02 Å². The number of rotatable bonds is 5. The molecule has 2 aromatic heterocycles. The molecule has 0 bridgehead atoms. The maximum atomic E-state index is 12.5. The molecule has 29 heavy (non-hydrogen) atoms. The van der Waals surface area contributed by atoms with Gasteiger partial charge in [-0.1, -0.05) is 55.4 Å². The molecule has 148 valence electrons. The maximum absolute atomic E-state index is 12.5. The quantitative estimate of drug-likeness (QED) is 0.450. The molecule has 4 rings (SSSR count). The molecule has 0 fully saturated rings. The number of fused-ring (bicyclic) bond motifs is 3. The third-order valence-corrected chi connectivity index (χ3v) is 5.99. The van der Waals surface area contributed by atoms with Gasteiger partial charge in [0.2, 0.25) is 5.91 Å². The first-order valence-electron chi connectivity index (χ1n) is 9.27. The topological polar surface area (TPSA) is 72.2 Å². The SMILES string of the molecule is Cc1c(Cl)cccc1NC(=O)CSc1nc2ccccc2n2c(C(C)C)nnc12. The van der Waals surface area contributed by atoms with E-state index in [4.69, 9.17) is 16.6 Å². The van der Waals surface area contributed by atoms with E-state index in [0.29, 0.717) is 21.4 Å². The molecule has 0 unspecified atom stereocenters. The van der Waals surface area contributed by atoms with E-state index in [1.807, 2.05) is 47.7 Å². The van der Waals surface area contributed by atoms with Crippen molar-refractivity contribution in [1.82, 2.24) is 19.6 Å². The average molecular weight is 426 g/mol. The standard InChI is InChI=1S/C21H20ClN5OS/c1-12(2)19-25-26-20-21(24-16-8-4-5-10-17(16)27(19)20)29-11-18(28)23-15-9-6-7-14(22)13(15)3/h4-10,12H,11H2,1-3H3,(H,23,28). The van der Waals surface area contributed by atoms with E-state index in [1.165, 1.54) is 11.8 Å². The summed E-state index contributed by atoms with van der Waals surface area (Å²) in [6, 6.07) is 13.3. The van der Waals surface area contributed by atoms with Crippen molar-refractivity contribution in [3.05, 3.63) is 58.9 Å². The Labute approximate surface area is 177 Å². The Kier molecular flexibility index (Phi) is 5.43. The van der Waals surface area contributed by atoms with E-state index in [-0.39, 0.29) is 17.6 Å². The summed E-state index contributed by atoms with van der Waals surface area (Å²) in [6.45, 7) is 6.04. The number of nitrogens with zero attached hydrogens (tertiary/aromatic N) is 4. The first-order chi connectivity index (χ1) is 14.0. The van der Waals surface area contributed by atoms with Gasteiger partial charge in [-0.15, -0.1) is 10.2 Å². The first kappa shape index (κ1) is 19.7. The number of anilines is 1. The molecule has 0 spiro atoms. The highest BCUT2D eigenvalue weighted by Gasteiger charge is 2.18. The van der Waals surface area contributed by atoms with Gasteiger partial charge >= 0.3 is 0 Å². The zero-order valence-electron chi connectivity index (χ0n) is 16.3. The summed E-state index contributed by atoms with van der Waals surface area (Å²) in [5, 5.41) is 12.9. The van der Waals surface area contributed by atoms with Crippen LogP contribution < -0.4 is 5.32 Å². The summed E-state index contributed by atoms with van der Waals surface area (Å²) in [7, 11) is 0. The zero-order chi connectivity index (χ0) is 20.5. The molecule has 0 atom stereocenters. The second-order valence-corrected chi connectivity index (χ2v) is 8.40. The highest BCUT2D eigenvalue weighted by Crippen LogP contribution is 2.28. The van der Waals surface area contributed by atoms with Crippen LogP contribution in [-0.4, -0.2) is 31.2 Å². The van der Waals surface area contributed by atoms with E-state index in [0.717, 1.165) is 22.4 Å². The number of thioether (sulfide) groups is 1. The van der Waals surface area contributed by atoms with Gasteiger partial charge in [-0.2, -0.15) is 0 Å². The van der Waals surface area contributed by atoms with Crippen LogP contribution in [0.5, 0.6) is 0 Å². The lowest BCUT2D eigenvalue weighted by molar-refractivity contribution is -0.113. The van der Waals surface area contributed by atoms with E-state index in [2.05, 4.69) is 29.4 Å². The van der Waals surface area contributed by atoms with Crippen molar-refractivity contribution in [2.24, 2.45) is 0 Å². The summed E-state index contributed by atoms with van der Waals surface area (Å²) < 4.78 is 2.04. The summed E-state index contributed by atoms with van der Waals surface area (Å²) in [6.07, 6.45) is 0. The minimum atomic E-state index is -0.128. The molecule has 2 aromatic carbocycles. The second-order valence-electron chi connectivity index (χ2n) is 7.03. The number of nitrogens with one attached hydrogen (secondary N) is 1. The number of carbonyl (C=O) groups is 1. The van der Waals surface area contributed by atoms with Gasteiger partial charge < -0.3 is 5.32 Å². The van der Waals surface area contributed by atoms with Gasteiger partial charge in [-0.05, 0) is 36.8 Å². The van der Waals surface area contributed by atoms with Crippen molar-refractivity contribution >= 4 is 51.6 Å². The van der Waals surface area contributed by atoms with E-state index < -0.39 is 0 Å². The van der Waals surface area contributed by atoms with Crippen LogP contribution in [-0.2, 0) is 4.79 Å². The first-order valence-corrected chi connectivity index (χ1v) is 10.6. The number of para-hydroxylation sites is 2. The molecule has 1 amide bonds. The summed E-state index contributed by atoms with van der Waals surface area (Å²) >= 11 is 7.48. The lowest BCUT2D eigenvalue weighted by Crippen LogP contribution is -2.15. The van der Waals surface area contributed by atoms with Gasteiger partial charge in [0.05, 0.1) is 16.8 Å². The van der Waals surface area contributed by atoms with Gasteiger partial charge in [-0.25, -0.2) is 4.98 Å². The number of hydrogen-bond donors (Lipinski definition) is 1. The van der Waals surface area contributed by atoms with Crippen molar-refractivity contribution in [1.29, 1.82) is 0 Å². The van der Waals surface area contributed by atoms with Crippen LogP contribution in [0.3, 0.4) is 0 Å². The smallest absolute Gasteiger partial charge is 0.234 e. The molecule has 8 heteroatoms. The van der Waals surface area contributed by atoms with Crippen LogP contribution in [0.1, 0.15) is 31.2 Å². The minimum absolute atomic E-state index is 0.128. The van der Waals surface area contributed by atoms with Gasteiger partial charge in [0.15, 0.2) is 5.65 Å². The van der Waals surface area contributed by atoms with Gasteiger partial charge in [0.25, 0.3) is 0 Å². The fraction of sp³-hybridized carbons (Fsp3) is 0.238. The fourth-order valence-electron chi connectivity index (χ4n) is 3.11. The van der Waals surface area contributed by atoms with Crippen molar-refractivity contribution in [2.45, 2.75) is 31.7 Å². The molecular formula is C21H20ClN5OS. The number of benzene rings is 2. The molecule has 0 saturated heterocycles. The monoisotopic (exact) mass is 425 g/mol. The second kappa shape index (κ2) is 8.00. The Hall–Kier alpha value is -2.64. The molecule has 0 saturated carbocycles. The highest BCUT2D eigenvalue weighted by atomic mass is 35.5. The fourth-order valence-corrected chi connectivity index (χ4v) is 4.05. The van der Waals surface area contributed by atoms with Gasteiger partial charge in [0.1, 0.15) is 10.9 Å². The van der Waals surface area contributed by atoms with Crippen molar-refractivity contribution in [3.8, 4) is 0 Å². The summed E-state index contributed by atoms with van der Waals surface area (Å²) in [4.78, 5) is 17.2. The van der Waals surface area contributed by atoms with Crippen LogP contribution >= 0.6 is 23.4 Å². The van der Waals surface area contributed by atoms with E-state index in [9.17, 15) is 4.79 Å². The lowest BCUT2D eigenvalue weighted by Gasteiger charge is -2.11. The molecule has 1 N–H and O–H groups in total. The minimum Gasteiger partial charge on any atom is -0.325 e. The molecule has 2 heterocycles. The number of carbonyl (C=O) groups excluding carboxylic acids is 1. The van der Waals surface area contributed by atoms with Crippen LogP contribution in [0, 0.1) is 6.92 Å². The Morgan fingerprint density at radius 3 is 2.76 bits per heavy atom. The molecule has 0 aliphatic carbocycles. The van der Waals surface area contributed by atoms with Crippen LogP contribution in [0.4, 0.5) is 5.69 Å². The van der Waals surface area contributed by atoms with Gasteiger partial charge in [-0.3, -0.25) is 9.20 Å². The molecule has 0 radical (unpaired) electrons. The summed E-state index contributed by atoms with van der Waals surface area (Å²) in [5.41, 5.74) is 4.03. The summed E-state index contributed by atoms with van der Waals surface area (Å²) in [5.74, 6) is 1.16. The van der Waals surface area contributed by atoms with Crippen LogP contribution in [0.15, 0.2) is 47.5 Å². The number of halogens is 1. The Morgan fingerprint density at radius 1 is 1.17 bits per heavy atom. The third-order valence-electron chi connectivity index (χ3n) is 4.62. The number of hydrogen-bond acceptors (Lipinski definition) is 5. The predicted octanol–water partition coefficient (Wildman–Crippen LogP) is 5.09. The molecular weight excluding hydrogens is 406 g/mol. The lowest BCUT2D eigenvalue weighted by atomic mass is 10.2. The Bertz CT molecular complexity index is 1220.